The quantitative estimate of drug-likeness (QED) is 0.522. The molecular weight excluding hydrogens is 134 g/mol. The number of hydrogen-bond acceptors (Lipinski definition) is 4. The average molecular weight is 143 g/mol. The van der Waals surface area contributed by atoms with E-state index in [9.17, 15) is 4.79 Å². The van der Waals surface area contributed by atoms with Gasteiger partial charge in [-0.3, -0.25) is 0 Å². The van der Waals surface area contributed by atoms with Crippen molar-refractivity contribution in [2.45, 2.75) is 6.54 Å². The summed E-state index contributed by atoms with van der Waals surface area (Å²) in [5, 5.41) is 11.9. The second-order valence-electron chi connectivity index (χ2n) is 1.83. The Hall–Kier alpha value is -1.17. The van der Waals surface area contributed by atoms with Crippen molar-refractivity contribution >= 4 is 0 Å². The van der Waals surface area contributed by atoms with Crippen molar-refractivity contribution in [2.24, 2.45) is 0 Å². The molecule has 56 valence electrons. The lowest BCUT2D eigenvalue weighted by Gasteiger charge is -1.94. The summed E-state index contributed by atoms with van der Waals surface area (Å²) >= 11 is 0. The van der Waals surface area contributed by atoms with Gasteiger partial charge in [-0.15, -0.1) is 0 Å². The van der Waals surface area contributed by atoms with E-state index in [-0.39, 0.29) is 5.69 Å². The van der Waals surface area contributed by atoms with Gasteiger partial charge < -0.3 is 5.32 Å². The third-order valence-corrected chi connectivity index (χ3v) is 1.11. The fourth-order valence-electron chi connectivity index (χ4n) is 0.581. The van der Waals surface area contributed by atoms with Crippen molar-refractivity contribution in [3.8, 4) is 0 Å². The molecule has 0 unspecified atom stereocenters. The Morgan fingerprint density at radius 3 is 3.10 bits per heavy atom. The minimum atomic E-state index is -0.268. The van der Waals surface area contributed by atoms with Crippen LogP contribution in [0.25, 0.3) is 0 Å². The topological polar surface area (TPSA) is 75.6 Å². The Kier molecular flexibility index (Phi) is 2.16. The largest absolute Gasteiger partial charge is 0.361 e. The van der Waals surface area contributed by atoms with Crippen LogP contribution >= 0.6 is 0 Å². The summed E-state index contributed by atoms with van der Waals surface area (Å²) in [6, 6.07) is 0. The highest BCUT2D eigenvalue weighted by Crippen LogP contribution is 1.66. The van der Waals surface area contributed by atoms with E-state index in [1.807, 2.05) is 7.05 Å². The molecule has 6 nitrogen and oxygen atoms in total. The molecule has 0 aliphatic heterocycles. The van der Waals surface area contributed by atoms with E-state index in [1.54, 1.807) is 0 Å². The van der Waals surface area contributed by atoms with Crippen LogP contribution in [0.2, 0.25) is 0 Å². The van der Waals surface area contributed by atoms with Crippen LogP contribution in [-0.2, 0) is 6.54 Å². The van der Waals surface area contributed by atoms with Crippen LogP contribution in [-0.4, -0.2) is 33.8 Å². The summed E-state index contributed by atoms with van der Waals surface area (Å²) in [6.45, 7) is 1.26. The van der Waals surface area contributed by atoms with Crippen molar-refractivity contribution < 1.29 is 0 Å². The Labute approximate surface area is 57.2 Å². The van der Waals surface area contributed by atoms with Gasteiger partial charge in [-0.1, -0.05) is 0 Å². The first-order valence-corrected chi connectivity index (χ1v) is 2.97. The lowest BCUT2D eigenvalue weighted by Crippen LogP contribution is -2.24. The zero-order valence-corrected chi connectivity index (χ0v) is 5.66. The van der Waals surface area contributed by atoms with Gasteiger partial charge in [0.25, 0.3) is 0 Å². The van der Waals surface area contributed by atoms with E-state index in [2.05, 4.69) is 20.8 Å². The maximum Gasteiger partial charge on any atom is 0.361 e. The number of rotatable bonds is 3. The molecule has 0 saturated carbocycles. The van der Waals surface area contributed by atoms with Crippen LogP contribution in [0.15, 0.2) is 4.79 Å². The number of aromatic amines is 1. The molecule has 0 atom stereocenters. The monoisotopic (exact) mass is 143 g/mol. The van der Waals surface area contributed by atoms with Gasteiger partial charge in [0.1, 0.15) is 0 Å². The third kappa shape index (κ3) is 1.41. The first kappa shape index (κ1) is 6.94. The van der Waals surface area contributed by atoms with Gasteiger partial charge in [-0.2, -0.15) is 4.68 Å². The number of H-pyrrole nitrogens is 1. The number of aromatic nitrogens is 4. The zero-order chi connectivity index (χ0) is 7.40. The molecule has 0 aliphatic rings. The highest BCUT2D eigenvalue weighted by Gasteiger charge is 1.94. The van der Waals surface area contributed by atoms with E-state index < -0.39 is 0 Å². The van der Waals surface area contributed by atoms with E-state index in [0.717, 1.165) is 0 Å². The van der Waals surface area contributed by atoms with E-state index in [0.29, 0.717) is 13.1 Å². The van der Waals surface area contributed by atoms with Crippen LogP contribution in [0, 0.1) is 0 Å². The molecule has 0 aromatic carbocycles. The molecule has 0 aliphatic carbocycles. The Morgan fingerprint density at radius 2 is 2.60 bits per heavy atom. The fourth-order valence-corrected chi connectivity index (χ4v) is 0.581. The summed E-state index contributed by atoms with van der Waals surface area (Å²) in [4.78, 5) is 10.7. The molecule has 10 heavy (non-hydrogen) atoms. The van der Waals surface area contributed by atoms with Gasteiger partial charge >= 0.3 is 5.69 Å². The van der Waals surface area contributed by atoms with Gasteiger partial charge in [0.05, 0.1) is 6.54 Å². The van der Waals surface area contributed by atoms with E-state index in [1.165, 1.54) is 4.68 Å². The van der Waals surface area contributed by atoms with Gasteiger partial charge in [0.2, 0.25) is 0 Å². The zero-order valence-electron chi connectivity index (χ0n) is 5.66. The molecule has 0 amide bonds. The second kappa shape index (κ2) is 3.11. The fraction of sp³-hybridized carbons (Fsp3) is 0.750. The minimum absolute atomic E-state index is 0.268. The highest BCUT2D eigenvalue weighted by atomic mass is 16.2. The molecule has 1 aromatic heterocycles. The lowest BCUT2D eigenvalue weighted by atomic mass is 10.6. The summed E-state index contributed by atoms with van der Waals surface area (Å²) < 4.78 is 1.26. The summed E-state index contributed by atoms with van der Waals surface area (Å²) in [7, 11) is 1.81. The standard InChI is InChI=1S/C4H9N5O/c1-5-2-3-9-4(10)6-7-8-9/h5H,2-3H2,1H3,(H,6,8,10). The molecule has 2 N–H and O–H groups in total. The molecule has 0 spiro atoms. The normalized spacial score (nSPS) is 10.1. The van der Waals surface area contributed by atoms with Crippen molar-refractivity contribution in [1.29, 1.82) is 0 Å². The van der Waals surface area contributed by atoms with Crippen LogP contribution in [0.3, 0.4) is 0 Å². The van der Waals surface area contributed by atoms with Crippen molar-refractivity contribution in [3.05, 3.63) is 10.5 Å². The Balaban J connectivity index is 2.57. The number of nitrogens with zero attached hydrogens (tertiary/aromatic N) is 3. The maximum absolute atomic E-state index is 10.7. The molecule has 0 fully saturated rings. The predicted octanol–water partition coefficient (Wildman–Crippen LogP) is -1.81. The highest BCUT2D eigenvalue weighted by molar-refractivity contribution is 4.51. The SMILES string of the molecule is CNCCn1nn[nH]c1=O. The van der Waals surface area contributed by atoms with Gasteiger partial charge in [-0.05, 0) is 17.5 Å². The first-order valence-electron chi connectivity index (χ1n) is 2.97. The van der Waals surface area contributed by atoms with E-state index >= 15 is 0 Å². The molecule has 1 heterocycles. The molecule has 1 aromatic rings. The summed E-state index contributed by atoms with van der Waals surface area (Å²) in [6.07, 6.45) is 0. The number of tetrazole rings is 1. The molecule has 0 saturated heterocycles. The van der Waals surface area contributed by atoms with Crippen LogP contribution in [0.1, 0.15) is 0 Å². The lowest BCUT2D eigenvalue weighted by molar-refractivity contribution is 0.552. The van der Waals surface area contributed by atoms with Gasteiger partial charge in [0.15, 0.2) is 0 Å². The Morgan fingerprint density at radius 1 is 1.80 bits per heavy atom. The van der Waals surface area contributed by atoms with Crippen LogP contribution < -0.4 is 11.0 Å². The number of nitrogens with one attached hydrogen (secondary N) is 2. The maximum atomic E-state index is 10.7. The van der Waals surface area contributed by atoms with Crippen LogP contribution in [0.4, 0.5) is 0 Å². The third-order valence-electron chi connectivity index (χ3n) is 1.11. The molecule has 0 bridgehead atoms. The minimum Gasteiger partial charge on any atom is -0.318 e. The molecule has 6 heteroatoms. The number of likely N-dealkylation sites (N-methyl/N-ethyl adjacent to an activating group) is 1. The van der Waals surface area contributed by atoms with Crippen molar-refractivity contribution in [3.63, 3.8) is 0 Å². The Bertz CT molecular complexity index is 238. The molecular formula is C4H9N5O. The predicted molar refractivity (Wildman–Crippen MR) is 34.6 cm³/mol. The van der Waals surface area contributed by atoms with Crippen LogP contribution in [0.5, 0.6) is 0 Å². The number of hydrogen-bond donors (Lipinski definition) is 2. The smallest absolute Gasteiger partial charge is 0.318 e. The van der Waals surface area contributed by atoms with Gasteiger partial charge in [0, 0.05) is 6.54 Å². The summed E-state index contributed by atoms with van der Waals surface area (Å²) in [5.41, 5.74) is -0.268. The first-order chi connectivity index (χ1) is 4.84. The van der Waals surface area contributed by atoms with Crippen molar-refractivity contribution in [2.75, 3.05) is 13.6 Å². The summed E-state index contributed by atoms with van der Waals surface area (Å²) in [5.74, 6) is 0. The van der Waals surface area contributed by atoms with E-state index in [4.69, 9.17) is 0 Å². The molecule has 0 radical (unpaired) electrons. The van der Waals surface area contributed by atoms with Crippen molar-refractivity contribution in [1.82, 2.24) is 25.5 Å². The molecule has 1 rings (SSSR count). The second-order valence-corrected chi connectivity index (χ2v) is 1.83. The van der Waals surface area contributed by atoms with Gasteiger partial charge in [-0.25, -0.2) is 9.89 Å². The average Bonchev–Trinajstić information content (AvgIpc) is 2.31.